The molecular formula is C12H18ClN3O. The number of likely N-dealkylation sites (tertiary alicyclic amines) is 1. The number of aromatic nitrogens is 2. The van der Waals surface area contributed by atoms with Gasteiger partial charge in [0.15, 0.2) is 0 Å². The van der Waals surface area contributed by atoms with Crippen LogP contribution in [0.2, 0.25) is 5.02 Å². The van der Waals surface area contributed by atoms with Gasteiger partial charge in [0.1, 0.15) is 0 Å². The van der Waals surface area contributed by atoms with Gasteiger partial charge in [-0.3, -0.25) is 9.58 Å². The maximum Gasteiger partial charge on any atom is 0.0831 e. The molecule has 17 heavy (non-hydrogen) atoms. The molecule has 0 bridgehead atoms. The van der Waals surface area contributed by atoms with Gasteiger partial charge in [0.05, 0.1) is 16.9 Å². The van der Waals surface area contributed by atoms with E-state index < -0.39 is 0 Å². The van der Waals surface area contributed by atoms with Crippen LogP contribution in [0.15, 0.2) is 6.20 Å². The molecule has 4 nitrogen and oxygen atoms in total. The molecule has 0 aliphatic carbocycles. The highest BCUT2D eigenvalue weighted by molar-refractivity contribution is 6.31. The Bertz CT molecular complexity index is 384. The Hall–Kier alpha value is -0.580. The van der Waals surface area contributed by atoms with E-state index in [1.807, 2.05) is 11.7 Å². The number of aryl methyl sites for hydroxylation is 1. The molecule has 0 aromatic carbocycles. The van der Waals surface area contributed by atoms with E-state index in [0.29, 0.717) is 5.41 Å². The molecule has 2 aliphatic heterocycles. The van der Waals surface area contributed by atoms with E-state index in [1.54, 1.807) is 6.20 Å². The molecule has 2 saturated heterocycles. The summed E-state index contributed by atoms with van der Waals surface area (Å²) in [7, 11) is 1.95. The van der Waals surface area contributed by atoms with Gasteiger partial charge in [-0.25, -0.2) is 0 Å². The third-order valence-electron chi connectivity index (χ3n) is 4.06. The molecule has 1 aromatic rings. The summed E-state index contributed by atoms with van der Waals surface area (Å²) in [6.45, 7) is 5.13. The Morgan fingerprint density at radius 2 is 2.12 bits per heavy atom. The lowest BCUT2D eigenvalue weighted by Gasteiger charge is -2.52. The van der Waals surface area contributed by atoms with E-state index in [-0.39, 0.29) is 0 Å². The van der Waals surface area contributed by atoms with Crippen molar-refractivity contribution in [3.05, 3.63) is 16.9 Å². The summed E-state index contributed by atoms with van der Waals surface area (Å²) in [5, 5.41) is 4.95. The number of ether oxygens (including phenoxy) is 1. The number of hydrogen-bond donors (Lipinski definition) is 0. The smallest absolute Gasteiger partial charge is 0.0831 e. The number of rotatable bonds is 2. The Morgan fingerprint density at radius 1 is 1.41 bits per heavy atom. The summed E-state index contributed by atoms with van der Waals surface area (Å²) in [5.74, 6) is 0. The maximum atomic E-state index is 6.12. The molecular weight excluding hydrogens is 238 g/mol. The van der Waals surface area contributed by atoms with Gasteiger partial charge in [-0.1, -0.05) is 11.6 Å². The van der Waals surface area contributed by atoms with Gasteiger partial charge in [-0.15, -0.1) is 0 Å². The minimum absolute atomic E-state index is 0.531. The fraction of sp³-hybridized carbons (Fsp3) is 0.750. The summed E-state index contributed by atoms with van der Waals surface area (Å²) >= 11 is 6.12. The maximum absolute atomic E-state index is 6.12. The average molecular weight is 256 g/mol. The van der Waals surface area contributed by atoms with Crippen molar-refractivity contribution >= 4 is 11.6 Å². The molecule has 0 amide bonds. The predicted molar refractivity (Wildman–Crippen MR) is 66.0 cm³/mol. The number of halogens is 1. The quantitative estimate of drug-likeness (QED) is 0.806. The van der Waals surface area contributed by atoms with Crippen molar-refractivity contribution in [2.24, 2.45) is 12.5 Å². The van der Waals surface area contributed by atoms with Gasteiger partial charge >= 0.3 is 0 Å². The molecule has 1 spiro atoms. The summed E-state index contributed by atoms with van der Waals surface area (Å²) in [6.07, 6.45) is 4.14. The van der Waals surface area contributed by atoms with Crippen molar-refractivity contribution in [3.8, 4) is 0 Å². The van der Waals surface area contributed by atoms with Crippen molar-refractivity contribution in [1.29, 1.82) is 0 Å². The second-order valence-corrected chi connectivity index (χ2v) is 5.73. The summed E-state index contributed by atoms with van der Waals surface area (Å²) in [6, 6.07) is 0. The van der Waals surface area contributed by atoms with E-state index in [9.17, 15) is 0 Å². The molecule has 2 fully saturated rings. The van der Waals surface area contributed by atoms with E-state index in [2.05, 4.69) is 10.00 Å². The monoisotopic (exact) mass is 255 g/mol. The van der Waals surface area contributed by atoms with Crippen LogP contribution in [0.25, 0.3) is 0 Å². The Balaban J connectivity index is 1.59. The Labute approximate surface area is 106 Å². The number of hydrogen-bond acceptors (Lipinski definition) is 3. The lowest BCUT2D eigenvalue weighted by molar-refractivity contribution is -0.0845. The zero-order valence-electron chi connectivity index (χ0n) is 10.2. The predicted octanol–water partition coefficient (Wildman–Crippen LogP) is 1.69. The standard InChI is InChI=1S/C12H18ClN3O/c1-15-11(10(13)6-14-15)7-16-8-12(9-16)2-4-17-5-3-12/h6H,2-5,7-9H2,1H3. The first kappa shape index (κ1) is 11.5. The SMILES string of the molecule is Cn1ncc(Cl)c1CN1CC2(CCOCC2)C1. The first-order valence-electron chi connectivity index (χ1n) is 6.15. The number of nitrogens with zero attached hydrogens (tertiary/aromatic N) is 3. The van der Waals surface area contributed by atoms with Crippen molar-refractivity contribution in [2.75, 3.05) is 26.3 Å². The minimum Gasteiger partial charge on any atom is -0.381 e. The first-order chi connectivity index (χ1) is 8.19. The zero-order valence-corrected chi connectivity index (χ0v) is 10.9. The van der Waals surface area contributed by atoms with Gasteiger partial charge in [-0.2, -0.15) is 5.10 Å². The van der Waals surface area contributed by atoms with E-state index >= 15 is 0 Å². The van der Waals surface area contributed by atoms with Crippen molar-refractivity contribution in [2.45, 2.75) is 19.4 Å². The molecule has 0 saturated carbocycles. The van der Waals surface area contributed by atoms with Gasteiger partial charge < -0.3 is 4.74 Å². The van der Waals surface area contributed by atoms with Gasteiger partial charge in [0, 0.05) is 45.3 Å². The van der Waals surface area contributed by atoms with Crippen molar-refractivity contribution in [1.82, 2.24) is 14.7 Å². The molecule has 2 aliphatic rings. The highest BCUT2D eigenvalue weighted by Crippen LogP contribution is 2.40. The highest BCUT2D eigenvalue weighted by atomic mass is 35.5. The first-order valence-corrected chi connectivity index (χ1v) is 6.53. The van der Waals surface area contributed by atoms with Crippen LogP contribution in [0.3, 0.4) is 0 Å². The minimum atomic E-state index is 0.531. The molecule has 1 aromatic heterocycles. The van der Waals surface area contributed by atoms with Crippen LogP contribution in [0, 0.1) is 5.41 Å². The molecule has 0 N–H and O–H groups in total. The lowest BCUT2D eigenvalue weighted by atomic mass is 9.73. The lowest BCUT2D eigenvalue weighted by Crippen LogP contribution is -2.57. The largest absolute Gasteiger partial charge is 0.381 e. The normalized spacial score (nSPS) is 23.9. The average Bonchev–Trinajstić information content (AvgIpc) is 2.60. The molecule has 0 unspecified atom stereocenters. The van der Waals surface area contributed by atoms with E-state index in [4.69, 9.17) is 16.3 Å². The summed E-state index contributed by atoms with van der Waals surface area (Å²) in [4.78, 5) is 2.45. The molecule has 3 heterocycles. The fourth-order valence-electron chi connectivity index (χ4n) is 2.96. The van der Waals surface area contributed by atoms with Crippen molar-refractivity contribution in [3.63, 3.8) is 0 Å². The topological polar surface area (TPSA) is 30.3 Å². The summed E-state index contributed by atoms with van der Waals surface area (Å²) in [5.41, 5.74) is 1.65. The fourth-order valence-corrected chi connectivity index (χ4v) is 3.19. The third kappa shape index (κ3) is 2.09. The van der Waals surface area contributed by atoms with E-state index in [1.165, 1.54) is 25.9 Å². The Morgan fingerprint density at radius 3 is 2.71 bits per heavy atom. The van der Waals surface area contributed by atoms with Crippen LogP contribution in [0.1, 0.15) is 18.5 Å². The molecule has 5 heteroatoms. The third-order valence-corrected chi connectivity index (χ3v) is 4.37. The second-order valence-electron chi connectivity index (χ2n) is 5.32. The second kappa shape index (κ2) is 4.26. The van der Waals surface area contributed by atoms with Crippen LogP contribution in [0.4, 0.5) is 0 Å². The van der Waals surface area contributed by atoms with Crippen LogP contribution in [-0.4, -0.2) is 41.0 Å². The van der Waals surface area contributed by atoms with Crippen LogP contribution in [0.5, 0.6) is 0 Å². The molecule has 3 rings (SSSR count). The van der Waals surface area contributed by atoms with Gasteiger partial charge in [0.2, 0.25) is 0 Å². The molecule has 0 radical (unpaired) electrons. The molecule has 0 atom stereocenters. The van der Waals surface area contributed by atoms with Crippen LogP contribution in [-0.2, 0) is 18.3 Å². The van der Waals surface area contributed by atoms with Gasteiger partial charge in [-0.05, 0) is 12.8 Å². The Kier molecular flexibility index (Phi) is 2.89. The van der Waals surface area contributed by atoms with Gasteiger partial charge in [0.25, 0.3) is 0 Å². The highest BCUT2D eigenvalue weighted by Gasteiger charge is 2.43. The van der Waals surface area contributed by atoms with Crippen LogP contribution < -0.4 is 0 Å². The van der Waals surface area contributed by atoms with E-state index in [0.717, 1.165) is 30.5 Å². The molecule has 94 valence electrons. The summed E-state index contributed by atoms with van der Waals surface area (Å²) < 4.78 is 7.30. The van der Waals surface area contributed by atoms with Crippen molar-refractivity contribution < 1.29 is 4.74 Å². The van der Waals surface area contributed by atoms with Crippen LogP contribution >= 0.6 is 11.6 Å². The zero-order chi connectivity index (χ0) is 11.9.